The Morgan fingerprint density at radius 2 is 1.88 bits per heavy atom. The van der Waals surface area contributed by atoms with Crippen LogP contribution in [0, 0.1) is 5.92 Å². The number of carbonyl (C=O) groups is 1. The number of nitrogens with one attached hydrogen (secondary N) is 1. The molecule has 0 aromatic heterocycles. The first kappa shape index (κ1) is 11.0. The molecular formula is C15H20NO+. The number of hydrogen-bond acceptors (Lipinski definition) is 1. The van der Waals surface area contributed by atoms with Crippen LogP contribution in [0.1, 0.15) is 36.0 Å². The Kier molecular flexibility index (Phi) is 2.98. The lowest BCUT2D eigenvalue weighted by molar-refractivity contribution is -0.941. The molecule has 3 aliphatic rings. The summed E-state index contributed by atoms with van der Waals surface area (Å²) < 4.78 is 0. The van der Waals surface area contributed by atoms with Gasteiger partial charge in [-0.2, -0.15) is 0 Å². The van der Waals surface area contributed by atoms with Crippen LogP contribution in [0.4, 0.5) is 0 Å². The van der Waals surface area contributed by atoms with E-state index in [1.165, 1.54) is 32.4 Å². The zero-order valence-electron chi connectivity index (χ0n) is 10.2. The lowest BCUT2D eigenvalue weighted by atomic mass is 9.81. The van der Waals surface area contributed by atoms with Crippen LogP contribution in [0.3, 0.4) is 0 Å². The molecule has 0 amide bonds. The second-order valence-corrected chi connectivity index (χ2v) is 5.53. The van der Waals surface area contributed by atoms with Crippen LogP contribution < -0.4 is 4.90 Å². The predicted octanol–water partition coefficient (Wildman–Crippen LogP) is 1.33. The number of piperidine rings is 3. The first-order valence-corrected chi connectivity index (χ1v) is 6.76. The summed E-state index contributed by atoms with van der Waals surface area (Å²) in [5.74, 6) is 1.23. The Morgan fingerprint density at radius 3 is 2.47 bits per heavy atom. The molecule has 0 saturated carbocycles. The zero-order valence-corrected chi connectivity index (χ0v) is 10.2. The van der Waals surface area contributed by atoms with Crippen molar-refractivity contribution in [3.63, 3.8) is 0 Å². The molecular weight excluding hydrogens is 210 g/mol. The van der Waals surface area contributed by atoms with Gasteiger partial charge in [0.1, 0.15) is 0 Å². The second-order valence-electron chi connectivity index (χ2n) is 5.53. The molecule has 0 radical (unpaired) electrons. The molecule has 3 aliphatic heterocycles. The van der Waals surface area contributed by atoms with E-state index in [1.807, 2.05) is 30.3 Å². The average Bonchev–Trinajstić information content (AvgIpc) is 2.41. The molecule has 3 heterocycles. The van der Waals surface area contributed by atoms with Gasteiger partial charge in [-0.1, -0.05) is 30.3 Å². The molecule has 2 heteroatoms. The van der Waals surface area contributed by atoms with Gasteiger partial charge in [0.15, 0.2) is 5.78 Å². The quantitative estimate of drug-likeness (QED) is 0.777. The Bertz CT molecular complexity index is 393. The Morgan fingerprint density at radius 1 is 1.18 bits per heavy atom. The van der Waals surface area contributed by atoms with Crippen LogP contribution >= 0.6 is 0 Å². The van der Waals surface area contributed by atoms with Crippen molar-refractivity contribution >= 4 is 5.78 Å². The van der Waals surface area contributed by atoms with Crippen LogP contribution in [-0.4, -0.2) is 24.9 Å². The Hall–Kier alpha value is -1.15. The molecule has 0 spiro atoms. The van der Waals surface area contributed by atoms with Crippen molar-refractivity contribution in [1.29, 1.82) is 0 Å². The van der Waals surface area contributed by atoms with Gasteiger partial charge in [0.25, 0.3) is 0 Å². The number of hydrogen-bond donors (Lipinski definition) is 1. The third kappa shape index (κ3) is 2.27. The monoisotopic (exact) mass is 230 g/mol. The lowest BCUT2D eigenvalue weighted by Gasteiger charge is -2.42. The third-order valence-corrected chi connectivity index (χ3v) is 4.47. The summed E-state index contributed by atoms with van der Waals surface area (Å²) in [6.45, 7) is 2.58. The van der Waals surface area contributed by atoms with Gasteiger partial charge in [-0.3, -0.25) is 4.79 Å². The van der Waals surface area contributed by atoms with E-state index in [0.717, 1.165) is 17.9 Å². The minimum absolute atomic E-state index is 0.329. The van der Waals surface area contributed by atoms with E-state index in [2.05, 4.69) is 0 Å². The minimum Gasteiger partial charge on any atom is -0.332 e. The highest BCUT2D eigenvalue weighted by Crippen LogP contribution is 2.23. The Balaban J connectivity index is 1.66. The number of benzene rings is 1. The standard InChI is InChI=1S/C15H19NO/c17-15(13-4-2-1-3-5-13)11-14-10-12-6-8-16(14)9-7-12/h1-5,12,14H,6-11H2/p+1. The maximum Gasteiger partial charge on any atom is 0.168 e. The molecule has 2 bridgehead atoms. The van der Waals surface area contributed by atoms with Crippen LogP contribution in [0.2, 0.25) is 0 Å². The van der Waals surface area contributed by atoms with E-state index in [-0.39, 0.29) is 0 Å². The highest BCUT2D eigenvalue weighted by Gasteiger charge is 2.37. The van der Waals surface area contributed by atoms with Crippen molar-refractivity contribution in [2.24, 2.45) is 5.92 Å². The zero-order chi connectivity index (χ0) is 11.7. The molecule has 0 aliphatic carbocycles. The average molecular weight is 230 g/mol. The van der Waals surface area contributed by atoms with Gasteiger partial charge in [0, 0.05) is 12.0 Å². The van der Waals surface area contributed by atoms with Crippen LogP contribution in [-0.2, 0) is 0 Å². The lowest BCUT2D eigenvalue weighted by Crippen LogP contribution is -3.18. The normalized spacial score (nSPS) is 31.4. The molecule has 2 nitrogen and oxygen atoms in total. The number of rotatable bonds is 3. The summed E-state index contributed by atoms with van der Waals surface area (Å²) in [4.78, 5) is 13.9. The van der Waals surface area contributed by atoms with Gasteiger partial charge < -0.3 is 4.90 Å². The minimum atomic E-state index is 0.329. The van der Waals surface area contributed by atoms with E-state index in [1.54, 1.807) is 4.90 Å². The van der Waals surface area contributed by atoms with E-state index in [4.69, 9.17) is 0 Å². The molecule has 3 saturated heterocycles. The van der Waals surface area contributed by atoms with Gasteiger partial charge in [-0.15, -0.1) is 0 Å². The van der Waals surface area contributed by atoms with Crippen molar-refractivity contribution in [3.8, 4) is 0 Å². The molecule has 1 aromatic carbocycles. The summed E-state index contributed by atoms with van der Waals surface area (Å²) >= 11 is 0. The maximum absolute atomic E-state index is 12.2. The highest BCUT2D eigenvalue weighted by molar-refractivity contribution is 5.96. The molecule has 1 unspecified atom stereocenters. The fraction of sp³-hybridized carbons (Fsp3) is 0.533. The van der Waals surface area contributed by atoms with Crippen molar-refractivity contribution in [1.82, 2.24) is 0 Å². The third-order valence-electron chi connectivity index (χ3n) is 4.47. The van der Waals surface area contributed by atoms with Gasteiger partial charge in [-0.25, -0.2) is 0 Å². The summed E-state index contributed by atoms with van der Waals surface area (Å²) in [5, 5.41) is 0. The van der Waals surface area contributed by atoms with Crippen molar-refractivity contribution < 1.29 is 9.69 Å². The highest BCUT2D eigenvalue weighted by atomic mass is 16.1. The van der Waals surface area contributed by atoms with E-state index >= 15 is 0 Å². The van der Waals surface area contributed by atoms with Crippen molar-refractivity contribution in [2.75, 3.05) is 13.1 Å². The van der Waals surface area contributed by atoms with Crippen LogP contribution in [0.5, 0.6) is 0 Å². The van der Waals surface area contributed by atoms with Gasteiger partial charge in [-0.05, 0) is 18.8 Å². The number of carbonyl (C=O) groups excluding carboxylic acids is 1. The number of quaternary nitrogens is 1. The van der Waals surface area contributed by atoms with Crippen LogP contribution in [0.25, 0.3) is 0 Å². The molecule has 1 N–H and O–H groups in total. The molecule has 90 valence electrons. The molecule has 1 atom stereocenters. The topological polar surface area (TPSA) is 21.5 Å². The van der Waals surface area contributed by atoms with Gasteiger partial charge >= 0.3 is 0 Å². The number of fused-ring (bicyclic) bond motifs is 3. The fourth-order valence-corrected chi connectivity index (χ4v) is 3.45. The van der Waals surface area contributed by atoms with Crippen LogP contribution in [0.15, 0.2) is 30.3 Å². The first-order chi connectivity index (χ1) is 8.33. The van der Waals surface area contributed by atoms with E-state index in [9.17, 15) is 4.79 Å². The number of ketones is 1. The Labute approximate surface area is 103 Å². The number of Topliss-reactive ketones (excluding diaryl/α,β-unsaturated/α-hetero) is 1. The molecule has 1 aromatic rings. The molecule has 3 fully saturated rings. The van der Waals surface area contributed by atoms with Gasteiger partial charge in [0.2, 0.25) is 0 Å². The van der Waals surface area contributed by atoms with Crippen molar-refractivity contribution in [3.05, 3.63) is 35.9 Å². The molecule has 4 rings (SSSR count). The largest absolute Gasteiger partial charge is 0.332 e. The summed E-state index contributed by atoms with van der Waals surface area (Å²) in [6.07, 6.45) is 4.78. The predicted molar refractivity (Wildman–Crippen MR) is 67.2 cm³/mol. The smallest absolute Gasteiger partial charge is 0.168 e. The SMILES string of the molecule is O=C(CC1CC2CC[NH+]1CC2)c1ccccc1. The van der Waals surface area contributed by atoms with Crippen molar-refractivity contribution in [2.45, 2.75) is 31.7 Å². The summed E-state index contributed by atoms with van der Waals surface area (Å²) in [6, 6.07) is 10.3. The summed E-state index contributed by atoms with van der Waals surface area (Å²) in [5.41, 5.74) is 0.884. The van der Waals surface area contributed by atoms with E-state index < -0.39 is 0 Å². The summed E-state index contributed by atoms with van der Waals surface area (Å²) in [7, 11) is 0. The fourth-order valence-electron chi connectivity index (χ4n) is 3.45. The second kappa shape index (κ2) is 4.61. The van der Waals surface area contributed by atoms with Gasteiger partial charge in [0.05, 0.1) is 25.6 Å². The maximum atomic E-state index is 12.2. The molecule has 17 heavy (non-hydrogen) atoms. The first-order valence-electron chi connectivity index (χ1n) is 6.76. The van der Waals surface area contributed by atoms with E-state index in [0.29, 0.717) is 11.8 Å².